The second-order valence-electron chi connectivity index (χ2n) is 3.69. The van der Waals surface area contributed by atoms with Crippen molar-refractivity contribution in [1.29, 1.82) is 0 Å². The minimum atomic E-state index is -0.375. The second-order valence-corrected chi connectivity index (χ2v) is 4.97. The van der Waals surface area contributed by atoms with Crippen LogP contribution in [0.2, 0.25) is 5.02 Å². The Bertz CT molecular complexity index is 666. The molecule has 0 spiro atoms. The van der Waals surface area contributed by atoms with Crippen molar-refractivity contribution in [2.45, 2.75) is 6.61 Å². The zero-order chi connectivity index (χ0) is 12.5. The van der Waals surface area contributed by atoms with Crippen LogP contribution in [0.3, 0.4) is 0 Å². The summed E-state index contributed by atoms with van der Waals surface area (Å²) in [5.41, 5.74) is 0.780. The van der Waals surface area contributed by atoms with Crippen molar-refractivity contribution >= 4 is 27.9 Å². The maximum Gasteiger partial charge on any atom is 0.193 e. The Labute approximate surface area is 111 Å². The molecular formula is C12H8ClFN2OS. The summed E-state index contributed by atoms with van der Waals surface area (Å²) in [4.78, 5) is 5.26. The van der Waals surface area contributed by atoms with Gasteiger partial charge in [-0.2, -0.15) is 0 Å². The van der Waals surface area contributed by atoms with E-state index in [-0.39, 0.29) is 12.4 Å². The fourth-order valence-electron chi connectivity index (χ4n) is 1.59. The first-order chi connectivity index (χ1) is 8.72. The molecule has 3 rings (SSSR count). The molecule has 2 heterocycles. The van der Waals surface area contributed by atoms with E-state index >= 15 is 0 Å². The summed E-state index contributed by atoms with van der Waals surface area (Å²) in [6.07, 6.45) is 3.80. The Morgan fingerprint density at radius 2 is 2.33 bits per heavy atom. The standard InChI is InChI=1S/C12H8ClFN2OS/c13-10-2-1-8(14)5-11(10)17-7-9-6-16-3-4-18-12(16)15-9/h1-6H,7H2. The summed E-state index contributed by atoms with van der Waals surface area (Å²) in [5, 5.41) is 2.34. The third-order valence-corrected chi connectivity index (χ3v) is 3.49. The van der Waals surface area contributed by atoms with Crippen LogP contribution in [-0.2, 0) is 6.61 Å². The average Bonchev–Trinajstić information content (AvgIpc) is 2.90. The van der Waals surface area contributed by atoms with Crippen LogP contribution in [0, 0.1) is 5.82 Å². The third-order valence-electron chi connectivity index (χ3n) is 2.41. The van der Waals surface area contributed by atoms with Gasteiger partial charge in [0.15, 0.2) is 4.96 Å². The van der Waals surface area contributed by atoms with Gasteiger partial charge in [0, 0.05) is 23.8 Å². The smallest absolute Gasteiger partial charge is 0.193 e. The van der Waals surface area contributed by atoms with Gasteiger partial charge in [-0.3, -0.25) is 4.40 Å². The summed E-state index contributed by atoms with van der Waals surface area (Å²) >= 11 is 7.45. The van der Waals surface area contributed by atoms with Crippen LogP contribution in [0.1, 0.15) is 5.69 Å². The van der Waals surface area contributed by atoms with Crippen molar-refractivity contribution in [2.24, 2.45) is 0 Å². The number of halogens is 2. The van der Waals surface area contributed by atoms with E-state index in [1.807, 2.05) is 22.2 Å². The summed E-state index contributed by atoms with van der Waals surface area (Å²) < 4.78 is 20.4. The molecule has 0 aliphatic heterocycles. The van der Waals surface area contributed by atoms with E-state index in [1.54, 1.807) is 11.3 Å². The number of ether oxygens (including phenoxy) is 1. The molecule has 0 radical (unpaired) electrons. The Morgan fingerprint density at radius 1 is 1.44 bits per heavy atom. The van der Waals surface area contributed by atoms with Gasteiger partial charge in [-0.05, 0) is 12.1 Å². The van der Waals surface area contributed by atoms with Crippen molar-refractivity contribution in [3.05, 3.63) is 52.5 Å². The number of hydrogen-bond acceptors (Lipinski definition) is 3. The highest BCUT2D eigenvalue weighted by molar-refractivity contribution is 7.15. The molecule has 0 aliphatic rings. The quantitative estimate of drug-likeness (QED) is 0.731. The molecule has 18 heavy (non-hydrogen) atoms. The van der Waals surface area contributed by atoms with Gasteiger partial charge in [0.2, 0.25) is 0 Å². The Morgan fingerprint density at radius 3 is 3.17 bits per heavy atom. The number of imidazole rings is 1. The molecule has 2 aromatic heterocycles. The molecule has 0 bridgehead atoms. The molecule has 0 amide bonds. The normalized spacial score (nSPS) is 11.0. The van der Waals surface area contributed by atoms with Crippen molar-refractivity contribution in [2.75, 3.05) is 0 Å². The van der Waals surface area contributed by atoms with Gasteiger partial charge in [0.25, 0.3) is 0 Å². The first-order valence-corrected chi connectivity index (χ1v) is 6.47. The van der Waals surface area contributed by atoms with E-state index in [2.05, 4.69) is 4.98 Å². The minimum Gasteiger partial charge on any atom is -0.486 e. The van der Waals surface area contributed by atoms with Crippen LogP contribution in [0.5, 0.6) is 5.75 Å². The van der Waals surface area contributed by atoms with E-state index in [0.29, 0.717) is 10.8 Å². The number of benzene rings is 1. The maximum absolute atomic E-state index is 13.0. The fraction of sp³-hybridized carbons (Fsp3) is 0.0833. The number of thiazole rings is 1. The van der Waals surface area contributed by atoms with Gasteiger partial charge in [-0.1, -0.05) is 11.6 Å². The lowest BCUT2D eigenvalue weighted by molar-refractivity contribution is 0.300. The zero-order valence-electron chi connectivity index (χ0n) is 9.14. The molecule has 0 saturated heterocycles. The van der Waals surface area contributed by atoms with Crippen LogP contribution in [0.4, 0.5) is 4.39 Å². The highest BCUT2D eigenvalue weighted by atomic mass is 35.5. The van der Waals surface area contributed by atoms with Crippen molar-refractivity contribution in [3.8, 4) is 5.75 Å². The van der Waals surface area contributed by atoms with Gasteiger partial charge in [0.05, 0.1) is 10.7 Å². The summed E-state index contributed by atoms with van der Waals surface area (Å²) in [5.74, 6) is -0.0479. The van der Waals surface area contributed by atoms with Crippen LogP contribution < -0.4 is 4.74 Å². The number of rotatable bonds is 3. The number of hydrogen-bond donors (Lipinski definition) is 0. The Kier molecular flexibility index (Phi) is 2.93. The Balaban J connectivity index is 1.77. The molecule has 3 aromatic rings. The highest BCUT2D eigenvalue weighted by Gasteiger charge is 2.06. The average molecular weight is 283 g/mol. The lowest BCUT2D eigenvalue weighted by Gasteiger charge is -2.05. The van der Waals surface area contributed by atoms with Gasteiger partial charge in [0.1, 0.15) is 18.2 Å². The Hall–Kier alpha value is -1.59. The highest BCUT2D eigenvalue weighted by Crippen LogP contribution is 2.25. The lowest BCUT2D eigenvalue weighted by atomic mass is 10.3. The van der Waals surface area contributed by atoms with Gasteiger partial charge < -0.3 is 4.74 Å². The molecule has 0 N–H and O–H groups in total. The third kappa shape index (κ3) is 2.19. The van der Waals surface area contributed by atoms with E-state index in [4.69, 9.17) is 16.3 Å². The minimum absolute atomic E-state index is 0.261. The monoisotopic (exact) mass is 282 g/mol. The van der Waals surface area contributed by atoms with Gasteiger partial charge in [-0.15, -0.1) is 11.3 Å². The van der Waals surface area contributed by atoms with Crippen LogP contribution in [0.25, 0.3) is 4.96 Å². The van der Waals surface area contributed by atoms with Crippen LogP contribution >= 0.6 is 22.9 Å². The predicted octanol–water partition coefficient (Wildman–Crippen LogP) is 3.77. The molecule has 0 unspecified atom stereocenters. The summed E-state index contributed by atoms with van der Waals surface area (Å²) in [6.45, 7) is 0.261. The molecule has 0 saturated carbocycles. The maximum atomic E-state index is 13.0. The number of aromatic nitrogens is 2. The molecule has 3 nitrogen and oxygen atoms in total. The molecule has 0 aliphatic carbocycles. The van der Waals surface area contributed by atoms with Crippen LogP contribution in [-0.4, -0.2) is 9.38 Å². The van der Waals surface area contributed by atoms with Crippen molar-refractivity contribution in [3.63, 3.8) is 0 Å². The number of fused-ring (bicyclic) bond motifs is 1. The first-order valence-electron chi connectivity index (χ1n) is 5.21. The lowest BCUT2D eigenvalue weighted by Crippen LogP contribution is -1.96. The van der Waals surface area contributed by atoms with Crippen molar-refractivity contribution < 1.29 is 9.13 Å². The predicted molar refractivity (Wildman–Crippen MR) is 68.8 cm³/mol. The molecule has 0 atom stereocenters. The zero-order valence-corrected chi connectivity index (χ0v) is 10.7. The molecular weight excluding hydrogens is 275 g/mol. The molecule has 1 aromatic carbocycles. The van der Waals surface area contributed by atoms with Gasteiger partial charge >= 0.3 is 0 Å². The molecule has 6 heteroatoms. The van der Waals surface area contributed by atoms with E-state index < -0.39 is 0 Å². The largest absolute Gasteiger partial charge is 0.486 e. The summed E-state index contributed by atoms with van der Waals surface area (Å²) in [6, 6.07) is 4.03. The van der Waals surface area contributed by atoms with Crippen LogP contribution in [0.15, 0.2) is 36.0 Å². The first kappa shape index (κ1) is 11.5. The molecule has 0 fully saturated rings. The topological polar surface area (TPSA) is 26.5 Å². The fourth-order valence-corrected chi connectivity index (χ4v) is 2.48. The molecule has 92 valence electrons. The van der Waals surface area contributed by atoms with E-state index in [9.17, 15) is 4.39 Å². The van der Waals surface area contributed by atoms with Gasteiger partial charge in [-0.25, -0.2) is 9.37 Å². The number of nitrogens with zero attached hydrogens (tertiary/aromatic N) is 2. The van der Waals surface area contributed by atoms with E-state index in [1.165, 1.54) is 18.2 Å². The summed E-state index contributed by atoms with van der Waals surface area (Å²) in [7, 11) is 0. The SMILES string of the molecule is Fc1ccc(Cl)c(OCc2cn3ccsc3n2)c1. The second kappa shape index (κ2) is 4.59. The van der Waals surface area contributed by atoms with E-state index in [0.717, 1.165) is 10.7 Å². The van der Waals surface area contributed by atoms with Crippen molar-refractivity contribution in [1.82, 2.24) is 9.38 Å².